The molecule has 2 saturated heterocycles. The fraction of sp³-hybridized carbons (Fsp3) is 0.477. The van der Waals surface area contributed by atoms with Gasteiger partial charge in [-0.25, -0.2) is 9.78 Å². The molecule has 1 aliphatic carbocycles. The van der Waals surface area contributed by atoms with Crippen LogP contribution in [0.4, 0.5) is 18.9 Å². The zero-order chi connectivity index (χ0) is 44.1. The number of primary amides is 1. The van der Waals surface area contributed by atoms with Crippen LogP contribution in [0.15, 0.2) is 59.5 Å². The molecule has 328 valence electrons. The van der Waals surface area contributed by atoms with Crippen molar-refractivity contribution in [2.75, 3.05) is 31.6 Å². The van der Waals surface area contributed by atoms with Gasteiger partial charge >= 0.3 is 11.9 Å². The topological polar surface area (TPSA) is 188 Å². The number of alkyl halides is 3. The normalized spacial score (nSPS) is 20.8. The molecule has 15 nitrogen and oxygen atoms in total. The highest BCUT2D eigenvalue weighted by molar-refractivity contribution is 6.04. The number of piperidine rings is 2. The number of likely N-dealkylation sites (tertiary alicyclic amines) is 1. The number of benzene rings is 2. The van der Waals surface area contributed by atoms with Crippen LogP contribution in [-0.4, -0.2) is 78.7 Å². The predicted molar refractivity (Wildman–Crippen MR) is 223 cm³/mol. The first-order chi connectivity index (χ1) is 29.5. The van der Waals surface area contributed by atoms with Crippen LogP contribution in [0, 0.1) is 5.92 Å². The highest BCUT2D eigenvalue weighted by Crippen LogP contribution is 2.39. The number of hydrogen-bond donors (Lipinski definition) is 3. The Morgan fingerprint density at radius 3 is 2.39 bits per heavy atom. The van der Waals surface area contributed by atoms with Crippen molar-refractivity contribution in [1.29, 1.82) is 0 Å². The van der Waals surface area contributed by atoms with Gasteiger partial charge in [-0.15, -0.1) is 0 Å². The number of nitrogens with zero attached hydrogens (tertiary/aromatic N) is 6. The summed E-state index contributed by atoms with van der Waals surface area (Å²) in [5.41, 5.74) is 6.36. The van der Waals surface area contributed by atoms with Gasteiger partial charge in [0.2, 0.25) is 17.7 Å². The number of anilines is 1. The summed E-state index contributed by atoms with van der Waals surface area (Å²) in [7, 11) is 1.75. The number of para-hydroxylation sites is 1. The van der Waals surface area contributed by atoms with Gasteiger partial charge in [-0.1, -0.05) is 18.2 Å². The van der Waals surface area contributed by atoms with Gasteiger partial charge in [0.15, 0.2) is 0 Å². The molecule has 5 heterocycles. The molecule has 3 aromatic heterocycles. The largest absolute Gasteiger partial charge is 0.433 e. The Hall–Kier alpha value is -5.88. The minimum absolute atomic E-state index is 0.138. The Kier molecular flexibility index (Phi) is 11.6. The fourth-order valence-corrected chi connectivity index (χ4v) is 9.53. The first kappa shape index (κ1) is 42.8. The molecule has 1 unspecified atom stereocenters. The van der Waals surface area contributed by atoms with Crippen LogP contribution in [0.5, 0.6) is 0 Å². The molecule has 18 heteroatoms. The molecule has 4 amide bonds. The molecule has 8 rings (SSSR count). The van der Waals surface area contributed by atoms with Gasteiger partial charge in [0.25, 0.3) is 5.91 Å². The summed E-state index contributed by atoms with van der Waals surface area (Å²) in [5, 5.41) is 10.7. The van der Waals surface area contributed by atoms with Crippen LogP contribution in [-0.2, 0) is 37.9 Å². The molecule has 3 aliphatic rings. The van der Waals surface area contributed by atoms with E-state index in [9.17, 15) is 37.1 Å². The van der Waals surface area contributed by atoms with Crippen LogP contribution in [0.25, 0.3) is 21.9 Å². The Balaban J connectivity index is 0.921. The van der Waals surface area contributed by atoms with Crippen molar-refractivity contribution < 1.29 is 37.1 Å². The summed E-state index contributed by atoms with van der Waals surface area (Å²) in [6.45, 7) is 5.84. The highest BCUT2D eigenvalue weighted by atomic mass is 19.4. The highest BCUT2D eigenvalue weighted by Gasteiger charge is 2.35. The van der Waals surface area contributed by atoms with Crippen molar-refractivity contribution in [3.8, 4) is 0 Å². The minimum Gasteiger partial charge on any atom is -0.368 e. The number of ether oxygens (including phenoxy) is 1. The van der Waals surface area contributed by atoms with Gasteiger partial charge in [0, 0.05) is 42.8 Å². The lowest BCUT2D eigenvalue weighted by atomic mass is 9.84. The average Bonchev–Trinajstić information content (AvgIpc) is 3.77. The van der Waals surface area contributed by atoms with Crippen molar-refractivity contribution in [2.45, 2.75) is 95.0 Å². The summed E-state index contributed by atoms with van der Waals surface area (Å²) < 4.78 is 51.1. The van der Waals surface area contributed by atoms with Crippen molar-refractivity contribution in [3.63, 3.8) is 0 Å². The number of pyridine rings is 1. The molecule has 1 saturated carbocycles. The zero-order valence-corrected chi connectivity index (χ0v) is 34.8. The van der Waals surface area contributed by atoms with E-state index in [4.69, 9.17) is 15.6 Å². The van der Waals surface area contributed by atoms with E-state index < -0.39 is 53.5 Å². The molecular weight excluding hydrogens is 808 g/mol. The second-order valence-electron chi connectivity index (χ2n) is 17.3. The van der Waals surface area contributed by atoms with E-state index in [1.165, 1.54) is 6.07 Å². The number of aryl methyl sites for hydroxylation is 1. The Morgan fingerprint density at radius 1 is 0.968 bits per heavy atom. The molecule has 0 spiro atoms. The fourth-order valence-electron chi connectivity index (χ4n) is 9.53. The molecule has 4 N–H and O–H groups in total. The van der Waals surface area contributed by atoms with Gasteiger partial charge in [-0.2, -0.15) is 18.3 Å². The molecule has 0 radical (unpaired) electrons. The molecule has 2 aliphatic heterocycles. The maximum atomic E-state index is 13.5. The number of aromatic nitrogens is 5. The van der Waals surface area contributed by atoms with E-state index in [0.717, 1.165) is 81.4 Å². The number of rotatable bonds is 11. The second kappa shape index (κ2) is 16.8. The second-order valence-corrected chi connectivity index (χ2v) is 17.3. The van der Waals surface area contributed by atoms with Crippen LogP contribution >= 0.6 is 0 Å². The lowest BCUT2D eigenvalue weighted by Crippen LogP contribution is -2.44. The van der Waals surface area contributed by atoms with Crippen molar-refractivity contribution >= 4 is 51.3 Å². The van der Waals surface area contributed by atoms with E-state index in [1.54, 1.807) is 42.2 Å². The van der Waals surface area contributed by atoms with E-state index in [2.05, 4.69) is 26.6 Å². The standard InChI is InChI=1S/C44H50F3N9O6/c1-43(2,62-24-37(48)57)30-21-32-27(20-33(30)50-40(59)31-7-5-9-36(49-31)44(45,46)47)23-55(52-32)28-12-10-25(11-13-28)22-54-18-16-26(17-19-54)29-6-4-8-34-39(29)53(3)42(61)56(34)35-14-15-38(58)51-41(35)60/h4-9,20-21,23,25-26,28,35H,10-19,22,24H2,1-3H3,(H2,48,57)(H,50,59)(H,51,58,60). The number of carbonyl (C=O) groups is 4. The van der Waals surface area contributed by atoms with E-state index in [1.807, 2.05) is 23.0 Å². The molecule has 0 bridgehead atoms. The smallest absolute Gasteiger partial charge is 0.368 e. The molecular formula is C44H50F3N9O6. The van der Waals surface area contributed by atoms with Crippen molar-refractivity contribution in [1.82, 2.24) is 34.1 Å². The average molecular weight is 858 g/mol. The third kappa shape index (κ3) is 8.62. The number of fused-ring (bicyclic) bond motifs is 2. The number of nitrogens with one attached hydrogen (secondary N) is 2. The van der Waals surface area contributed by atoms with Crippen LogP contribution in [0.3, 0.4) is 0 Å². The van der Waals surface area contributed by atoms with Gasteiger partial charge in [-0.3, -0.25) is 38.3 Å². The predicted octanol–water partition coefficient (Wildman–Crippen LogP) is 5.68. The minimum atomic E-state index is -4.73. The Morgan fingerprint density at radius 2 is 1.69 bits per heavy atom. The number of imidazole rings is 1. The Labute approximate surface area is 354 Å². The maximum Gasteiger partial charge on any atom is 0.433 e. The van der Waals surface area contributed by atoms with Gasteiger partial charge in [0.1, 0.15) is 24.0 Å². The SMILES string of the molecule is Cn1c(=O)n(C2CCC(=O)NC2=O)c2cccc(C3CCN(CC4CCC(n5cc6cc(NC(=O)c7cccc(C(F)(F)F)n7)c(C(C)(C)OCC(N)=O)cc6n5)CC4)CC3)c21. The number of hydrogen-bond acceptors (Lipinski definition) is 9. The van der Waals surface area contributed by atoms with Gasteiger partial charge in [-0.05, 0) is 120 Å². The lowest BCUT2D eigenvalue weighted by Gasteiger charge is -2.37. The number of nitrogens with two attached hydrogens (primary N) is 1. The third-order valence-electron chi connectivity index (χ3n) is 12.8. The first-order valence-electron chi connectivity index (χ1n) is 21.0. The lowest BCUT2D eigenvalue weighted by molar-refractivity contribution is -0.141. The quantitative estimate of drug-likeness (QED) is 0.141. The van der Waals surface area contributed by atoms with Gasteiger partial charge < -0.3 is 20.7 Å². The van der Waals surface area contributed by atoms with E-state index in [-0.39, 0.29) is 35.7 Å². The summed E-state index contributed by atoms with van der Waals surface area (Å²) in [6.07, 6.45) is 3.42. The van der Waals surface area contributed by atoms with E-state index in [0.29, 0.717) is 34.3 Å². The van der Waals surface area contributed by atoms with E-state index >= 15 is 0 Å². The van der Waals surface area contributed by atoms with Crippen molar-refractivity contribution in [3.05, 3.63) is 87.7 Å². The monoisotopic (exact) mass is 857 g/mol. The molecule has 2 aromatic carbocycles. The summed E-state index contributed by atoms with van der Waals surface area (Å²) in [6, 6.07) is 11.9. The van der Waals surface area contributed by atoms with Crippen LogP contribution in [0.1, 0.15) is 111 Å². The van der Waals surface area contributed by atoms with Crippen molar-refractivity contribution in [2.24, 2.45) is 18.7 Å². The third-order valence-corrected chi connectivity index (χ3v) is 12.8. The zero-order valence-electron chi connectivity index (χ0n) is 34.8. The molecule has 1 atom stereocenters. The number of carbonyl (C=O) groups excluding carboxylic acids is 4. The molecule has 5 aromatic rings. The molecule has 3 fully saturated rings. The Bertz CT molecular complexity index is 2620. The maximum absolute atomic E-state index is 13.5. The summed E-state index contributed by atoms with van der Waals surface area (Å²) in [4.78, 5) is 69.0. The van der Waals surface area contributed by atoms with Gasteiger partial charge in [0.05, 0.1) is 28.2 Å². The number of imide groups is 1. The summed E-state index contributed by atoms with van der Waals surface area (Å²) >= 11 is 0. The van der Waals surface area contributed by atoms with Crippen LogP contribution in [0.2, 0.25) is 0 Å². The van der Waals surface area contributed by atoms with Crippen LogP contribution < -0.4 is 22.1 Å². The summed E-state index contributed by atoms with van der Waals surface area (Å²) in [5.74, 6) is -1.52. The number of amides is 4. The number of halogens is 3. The molecule has 62 heavy (non-hydrogen) atoms. The first-order valence-corrected chi connectivity index (χ1v) is 21.0.